The molecule has 1 fully saturated rings. The van der Waals surface area contributed by atoms with Gasteiger partial charge in [0, 0.05) is 17.3 Å². The second kappa shape index (κ2) is 4.72. The van der Waals surface area contributed by atoms with Gasteiger partial charge in [0.15, 0.2) is 0 Å². The Morgan fingerprint density at radius 2 is 2.15 bits per heavy atom. The van der Waals surface area contributed by atoms with E-state index in [9.17, 15) is 9.90 Å². The lowest BCUT2D eigenvalue weighted by molar-refractivity contribution is 0.0697. The van der Waals surface area contributed by atoms with E-state index in [0.29, 0.717) is 17.9 Å². The SMILES string of the molecule is O=C(O)c1ccc2c(NCC3(CO)CC3)ncnc2c1. The Morgan fingerprint density at radius 1 is 1.35 bits per heavy atom. The summed E-state index contributed by atoms with van der Waals surface area (Å²) in [5.74, 6) is -0.302. The second-order valence-corrected chi connectivity index (χ2v) is 5.27. The third-order valence-corrected chi connectivity index (χ3v) is 3.81. The maximum atomic E-state index is 10.9. The molecule has 0 atom stereocenters. The van der Waals surface area contributed by atoms with Gasteiger partial charge in [0.25, 0.3) is 0 Å². The monoisotopic (exact) mass is 273 g/mol. The van der Waals surface area contributed by atoms with Crippen molar-refractivity contribution in [3.8, 4) is 0 Å². The number of fused-ring (bicyclic) bond motifs is 1. The van der Waals surface area contributed by atoms with Crippen molar-refractivity contribution >= 4 is 22.7 Å². The molecule has 1 heterocycles. The summed E-state index contributed by atoms with van der Waals surface area (Å²) < 4.78 is 0. The minimum Gasteiger partial charge on any atom is -0.478 e. The topological polar surface area (TPSA) is 95.3 Å². The first-order valence-corrected chi connectivity index (χ1v) is 6.46. The van der Waals surface area contributed by atoms with Gasteiger partial charge in [-0.2, -0.15) is 0 Å². The molecule has 3 N–H and O–H groups in total. The number of carboxylic acid groups (broad SMARTS) is 1. The van der Waals surface area contributed by atoms with E-state index < -0.39 is 5.97 Å². The summed E-state index contributed by atoms with van der Waals surface area (Å²) in [6.45, 7) is 0.836. The lowest BCUT2D eigenvalue weighted by Gasteiger charge is -2.14. The number of nitrogens with one attached hydrogen (secondary N) is 1. The molecule has 3 rings (SSSR count). The van der Waals surface area contributed by atoms with E-state index in [1.807, 2.05) is 0 Å². The number of benzene rings is 1. The van der Waals surface area contributed by atoms with Crippen molar-refractivity contribution in [1.29, 1.82) is 0 Å². The van der Waals surface area contributed by atoms with Gasteiger partial charge in [0.2, 0.25) is 0 Å². The zero-order valence-electron chi connectivity index (χ0n) is 10.8. The molecule has 1 aromatic heterocycles. The summed E-state index contributed by atoms with van der Waals surface area (Å²) in [5.41, 5.74) is 0.783. The van der Waals surface area contributed by atoms with E-state index in [-0.39, 0.29) is 17.6 Å². The van der Waals surface area contributed by atoms with E-state index in [1.165, 1.54) is 18.5 Å². The molecule has 0 aliphatic heterocycles. The highest BCUT2D eigenvalue weighted by Gasteiger charge is 2.41. The number of hydrogen-bond acceptors (Lipinski definition) is 5. The van der Waals surface area contributed by atoms with Gasteiger partial charge in [-0.1, -0.05) is 0 Å². The molecule has 0 radical (unpaired) electrons. The van der Waals surface area contributed by atoms with Crippen LogP contribution in [0.25, 0.3) is 10.9 Å². The van der Waals surface area contributed by atoms with E-state index in [1.54, 1.807) is 6.07 Å². The largest absolute Gasteiger partial charge is 0.478 e. The molecule has 0 bridgehead atoms. The molecule has 0 amide bonds. The fourth-order valence-corrected chi connectivity index (χ4v) is 2.17. The molecule has 2 aromatic rings. The fraction of sp³-hybridized carbons (Fsp3) is 0.357. The number of aromatic nitrogens is 2. The van der Waals surface area contributed by atoms with Gasteiger partial charge in [-0.05, 0) is 31.0 Å². The first-order chi connectivity index (χ1) is 9.63. The fourth-order valence-electron chi connectivity index (χ4n) is 2.17. The Bertz CT molecular complexity index is 668. The van der Waals surface area contributed by atoms with Gasteiger partial charge < -0.3 is 15.5 Å². The van der Waals surface area contributed by atoms with Crippen molar-refractivity contribution in [3.05, 3.63) is 30.1 Å². The summed E-state index contributed by atoms with van der Waals surface area (Å²) in [6.07, 6.45) is 3.44. The van der Waals surface area contributed by atoms with Crippen LogP contribution in [0.4, 0.5) is 5.82 Å². The maximum Gasteiger partial charge on any atom is 0.335 e. The van der Waals surface area contributed by atoms with E-state index in [4.69, 9.17) is 5.11 Å². The van der Waals surface area contributed by atoms with E-state index in [2.05, 4.69) is 15.3 Å². The van der Waals surface area contributed by atoms with Gasteiger partial charge >= 0.3 is 5.97 Å². The summed E-state index contributed by atoms with van der Waals surface area (Å²) in [6, 6.07) is 4.78. The van der Waals surface area contributed by atoms with Crippen LogP contribution >= 0.6 is 0 Å². The molecule has 20 heavy (non-hydrogen) atoms. The molecule has 1 aliphatic rings. The molecule has 0 spiro atoms. The Morgan fingerprint density at radius 3 is 2.80 bits per heavy atom. The number of carboxylic acids is 1. The van der Waals surface area contributed by atoms with Crippen LogP contribution in [0.2, 0.25) is 0 Å². The lowest BCUT2D eigenvalue weighted by Crippen LogP contribution is -2.19. The Hall–Kier alpha value is -2.21. The Kier molecular flexibility index (Phi) is 3.02. The number of hydrogen-bond donors (Lipinski definition) is 3. The molecular formula is C14H15N3O3. The van der Waals surface area contributed by atoms with Crippen LogP contribution in [0.3, 0.4) is 0 Å². The first-order valence-electron chi connectivity index (χ1n) is 6.46. The van der Waals surface area contributed by atoms with Crippen LogP contribution in [-0.2, 0) is 0 Å². The summed E-state index contributed by atoms with van der Waals surface area (Å²) in [5, 5.41) is 22.3. The highest BCUT2D eigenvalue weighted by Crippen LogP contribution is 2.45. The third kappa shape index (κ3) is 2.30. The molecular weight excluding hydrogens is 258 g/mol. The van der Waals surface area contributed by atoms with Crippen LogP contribution in [-0.4, -0.2) is 39.3 Å². The summed E-state index contributed by atoms with van der Waals surface area (Å²) in [7, 11) is 0. The zero-order chi connectivity index (χ0) is 14.2. The first kappa shape index (κ1) is 12.8. The standard InChI is InChI=1S/C14H15N3O3/c18-7-14(3-4-14)6-15-12-10-2-1-9(13(19)20)5-11(10)16-8-17-12/h1-2,5,8,18H,3-4,6-7H2,(H,19,20)(H,15,16,17). The zero-order valence-corrected chi connectivity index (χ0v) is 10.8. The summed E-state index contributed by atoms with van der Waals surface area (Å²) >= 11 is 0. The average Bonchev–Trinajstić information content (AvgIpc) is 3.25. The minimum atomic E-state index is -0.975. The van der Waals surface area contributed by atoms with Crippen LogP contribution in [0.15, 0.2) is 24.5 Å². The van der Waals surface area contributed by atoms with Crippen LogP contribution in [0.1, 0.15) is 23.2 Å². The van der Waals surface area contributed by atoms with Gasteiger partial charge in [-0.25, -0.2) is 14.8 Å². The number of aliphatic hydroxyl groups excluding tert-OH is 1. The van der Waals surface area contributed by atoms with E-state index in [0.717, 1.165) is 18.2 Å². The number of nitrogens with zero attached hydrogens (tertiary/aromatic N) is 2. The highest BCUT2D eigenvalue weighted by atomic mass is 16.4. The molecule has 1 aromatic carbocycles. The Labute approximate surface area is 115 Å². The quantitative estimate of drug-likeness (QED) is 0.764. The number of rotatable bonds is 5. The predicted octanol–water partition coefficient (Wildman–Crippen LogP) is 1.51. The van der Waals surface area contributed by atoms with Crippen LogP contribution < -0.4 is 5.32 Å². The number of anilines is 1. The maximum absolute atomic E-state index is 10.9. The Balaban J connectivity index is 1.89. The third-order valence-electron chi connectivity index (χ3n) is 3.81. The number of aromatic carboxylic acids is 1. The van der Waals surface area contributed by atoms with Gasteiger partial charge in [0.1, 0.15) is 12.1 Å². The van der Waals surface area contributed by atoms with Gasteiger partial charge in [-0.15, -0.1) is 0 Å². The smallest absolute Gasteiger partial charge is 0.335 e. The van der Waals surface area contributed by atoms with Crippen molar-refractivity contribution in [2.75, 3.05) is 18.5 Å². The molecule has 6 nitrogen and oxygen atoms in total. The van der Waals surface area contributed by atoms with Crippen molar-refractivity contribution < 1.29 is 15.0 Å². The summed E-state index contributed by atoms with van der Waals surface area (Å²) in [4.78, 5) is 19.2. The van der Waals surface area contributed by atoms with Crippen molar-refractivity contribution in [3.63, 3.8) is 0 Å². The predicted molar refractivity (Wildman–Crippen MR) is 73.7 cm³/mol. The van der Waals surface area contributed by atoms with Crippen molar-refractivity contribution in [1.82, 2.24) is 9.97 Å². The van der Waals surface area contributed by atoms with Gasteiger partial charge in [0.05, 0.1) is 17.7 Å². The van der Waals surface area contributed by atoms with Crippen LogP contribution in [0.5, 0.6) is 0 Å². The molecule has 0 saturated heterocycles. The lowest BCUT2D eigenvalue weighted by atomic mass is 10.1. The number of carbonyl (C=O) groups is 1. The number of aliphatic hydroxyl groups is 1. The normalized spacial score (nSPS) is 16.1. The minimum absolute atomic E-state index is 0.0156. The molecule has 1 aliphatic carbocycles. The molecule has 0 unspecified atom stereocenters. The van der Waals surface area contributed by atoms with E-state index >= 15 is 0 Å². The van der Waals surface area contributed by atoms with Crippen molar-refractivity contribution in [2.24, 2.45) is 5.41 Å². The van der Waals surface area contributed by atoms with Crippen molar-refractivity contribution in [2.45, 2.75) is 12.8 Å². The van der Waals surface area contributed by atoms with Crippen LogP contribution in [0, 0.1) is 5.41 Å². The molecule has 1 saturated carbocycles. The highest BCUT2D eigenvalue weighted by molar-refractivity contribution is 5.96. The molecule has 6 heteroatoms. The average molecular weight is 273 g/mol. The molecule has 104 valence electrons. The van der Waals surface area contributed by atoms with Gasteiger partial charge in [-0.3, -0.25) is 0 Å². The second-order valence-electron chi connectivity index (χ2n) is 5.27.